The van der Waals surface area contributed by atoms with Gasteiger partial charge in [-0.3, -0.25) is 0 Å². The van der Waals surface area contributed by atoms with E-state index < -0.39 is 0 Å². The number of para-hydroxylation sites is 3. The van der Waals surface area contributed by atoms with E-state index in [0.717, 1.165) is 71.6 Å². The summed E-state index contributed by atoms with van der Waals surface area (Å²) >= 11 is 0. The van der Waals surface area contributed by atoms with Crippen molar-refractivity contribution >= 4 is 184 Å². The van der Waals surface area contributed by atoms with Crippen LogP contribution in [0.1, 0.15) is 0 Å². The van der Waals surface area contributed by atoms with Crippen LogP contribution in [0.4, 0.5) is 0 Å². The lowest BCUT2D eigenvalue weighted by Crippen LogP contribution is -1.93. The maximum absolute atomic E-state index is 6.74. The normalized spacial score (nSPS) is 11.8. The van der Waals surface area contributed by atoms with Crippen LogP contribution in [0.25, 0.3) is 273 Å². The molecule has 608 valence electrons. The zero-order chi connectivity index (χ0) is 86.1. The summed E-state index contributed by atoms with van der Waals surface area (Å²) in [5, 5.41) is 34.2. The van der Waals surface area contributed by atoms with Gasteiger partial charge >= 0.3 is 0 Å². The lowest BCUT2D eigenvalue weighted by molar-refractivity contribution is 0.669. The summed E-state index contributed by atoms with van der Waals surface area (Å²) in [6.45, 7) is 0. The number of hydrogen-bond donors (Lipinski definition) is 0. The molecule has 0 unspecified atom stereocenters. The summed E-state index contributed by atoms with van der Waals surface area (Å²) in [6, 6.07) is 171. The molecule has 0 N–H and O–H groups in total. The van der Waals surface area contributed by atoms with Crippen LogP contribution in [0.3, 0.4) is 0 Å². The summed E-state index contributed by atoms with van der Waals surface area (Å²) in [5.74, 6) is 0. The Hall–Kier alpha value is -17.2. The predicted octanol–water partition coefficient (Wildman–Crippen LogP) is 36.8. The Labute approximate surface area is 754 Å². The van der Waals surface area contributed by atoms with E-state index >= 15 is 0 Å². The first kappa shape index (κ1) is 75.1. The maximum atomic E-state index is 6.74. The molecule has 28 aromatic rings. The molecule has 3 heterocycles. The molecule has 3 heteroatoms. The largest absolute Gasteiger partial charge is 0.456 e. The average molecular weight is 1660 g/mol. The molecule has 3 aromatic heterocycles. The highest BCUT2D eigenvalue weighted by Crippen LogP contribution is 2.54. The van der Waals surface area contributed by atoms with Gasteiger partial charge in [0.15, 0.2) is 0 Å². The minimum Gasteiger partial charge on any atom is -0.456 e. The zero-order valence-corrected chi connectivity index (χ0v) is 71.3. The smallest absolute Gasteiger partial charge is 0.143 e. The van der Waals surface area contributed by atoms with Gasteiger partial charge in [0, 0.05) is 54.6 Å². The first-order valence-electron chi connectivity index (χ1n) is 45.1. The van der Waals surface area contributed by atoms with E-state index in [1.54, 1.807) is 0 Å². The van der Waals surface area contributed by atoms with Crippen molar-refractivity contribution in [1.82, 2.24) is 0 Å². The van der Waals surface area contributed by atoms with Crippen LogP contribution in [0.2, 0.25) is 0 Å². The summed E-state index contributed by atoms with van der Waals surface area (Å²) in [4.78, 5) is 0. The van der Waals surface area contributed by atoms with E-state index in [1.807, 2.05) is 12.1 Å². The summed E-state index contributed by atoms with van der Waals surface area (Å²) in [6.07, 6.45) is 0. The Morgan fingerprint density at radius 2 is 0.496 bits per heavy atom. The molecular formula is C128H78O3. The van der Waals surface area contributed by atoms with Gasteiger partial charge in [0.05, 0.1) is 0 Å². The number of fused-ring (bicyclic) bond motifs is 22. The van der Waals surface area contributed by atoms with Gasteiger partial charge in [-0.15, -0.1) is 0 Å². The van der Waals surface area contributed by atoms with E-state index in [1.165, 1.54) is 202 Å². The lowest BCUT2D eigenvalue weighted by Gasteiger charge is -2.20. The highest BCUT2D eigenvalue weighted by atomic mass is 16.3. The van der Waals surface area contributed by atoms with Gasteiger partial charge in [-0.25, -0.2) is 0 Å². The Morgan fingerprint density at radius 1 is 0.115 bits per heavy atom. The van der Waals surface area contributed by atoms with Gasteiger partial charge in [0.25, 0.3) is 0 Å². The van der Waals surface area contributed by atoms with E-state index in [9.17, 15) is 0 Å². The SMILES string of the molecule is c1ccc(-c2ccc3c(-c4cc5ccccc5c5ccccc45)c4ccccc4c(-c4cccc5c4oc4ccccc45)c3c2)cc1.c1ccc(-c2ccccc2-c2c3ccccc3c(-c3c4ccccc4cc4c3oc3ccccc34)c3ccccc23)cc1.c1ccc2cc(-c3c4ccccc4c(-c4ccc5oc6ccc7ccccc7c6c5c4)c4ccccc34)ccc2c1. The van der Waals surface area contributed by atoms with Gasteiger partial charge in [0.1, 0.15) is 33.5 Å². The van der Waals surface area contributed by atoms with Crippen LogP contribution < -0.4 is 0 Å². The van der Waals surface area contributed by atoms with Crippen LogP contribution in [0.5, 0.6) is 0 Å². The summed E-state index contributed by atoms with van der Waals surface area (Å²) < 4.78 is 19.7. The number of hydrogen-bond acceptors (Lipinski definition) is 3. The highest BCUT2D eigenvalue weighted by Gasteiger charge is 2.28. The molecule has 3 nitrogen and oxygen atoms in total. The Bertz CT molecular complexity index is 9440. The minimum absolute atomic E-state index is 0.910. The predicted molar refractivity (Wildman–Crippen MR) is 557 cm³/mol. The molecular weight excluding hydrogens is 1590 g/mol. The maximum Gasteiger partial charge on any atom is 0.143 e. The van der Waals surface area contributed by atoms with Gasteiger partial charge < -0.3 is 13.3 Å². The molecule has 0 aliphatic heterocycles. The van der Waals surface area contributed by atoms with Crippen molar-refractivity contribution in [2.75, 3.05) is 0 Å². The minimum atomic E-state index is 0.910. The summed E-state index contributed by atoms with van der Waals surface area (Å²) in [5.41, 5.74) is 25.1. The van der Waals surface area contributed by atoms with Crippen molar-refractivity contribution in [3.05, 3.63) is 473 Å². The Morgan fingerprint density at radius 3 is 1.12 bits per heavy atom. The molecule has 0 aliphatic rings. The molecule has 0 fully saturated rings. The van der Waals surface area contributed by atoms with Crippen molar-refractivity contribution in [1.29, 1.82) is 0 Å². The van der Waals surface area contributed by atoms with Gasteiger partial charge in [-0.2, -0.15) is 0 Å². The third-order valence-electron chi connectivity index (χ3n) is 27.3. The Balaban J connectivity index is 0.000000103. The quantitative estimate of drug-likeness (QED) is 0.112. The van der Waals surface area contributed by atoms with Crippen LogP contribution in [0.15, 0.2) is 486 Å². The Kier molecular flexibility index (Phi) is 17.7. The number of rotatable bonds is 8. The van der Waals surface area contributed by atoms with Crippen molar-refractivity contribution in [2.45, 2.75) is 0 Å². The third kappa shape index (κ3) is 12.3. The fourth-order valence-electron chi connectivity index (χ4n) is 21.6. The molecule has 0 aliphatic carbocycles. The second-order valence-corrected chi connectivity index (χ2v) is 34.5. The highest BCUT2D eigenvalue weighted by molar-refractivity contribution is 6.32. The molecule has 28 rings (SSSR count). The number of benzene rings is 25. The molecule has 0 saturated carbocycles. The third-order valence-corrected chi connectivity index (χ3v) is 27.3. The molecule has 0 amide bonds. The molecule has 25 aromatic carbocycles. The number of furan rings is 3. The van der Waals surface area contributed by atoms with Crippen LogP contribution >= 0.6 is 0 Å². The van der Waals surface area contributed by atoms with Crippen LogP contribution in [0, 0.1) is 0 Å². The molecule has 0 atom stereocenters. The fraction of sp³-hybridized carbons (Fsp3) is 0. The topological polar surface area (TPSA) is 39.4 Å². The van der Waals surface area contributed by atoms with E-state index in [2.05, 4.69) is 461 Å². The molecule has 0 saturated heterocycles. The van der Waals surface area contributed by atoms with Crippen molar-refractivity contribution in [3.63, 3.8) is 0 Å². The van der Waals surface area contributed by atoms with Crippen LogP contribution in [-0.2, 0) is 0 Å². The molecule has 131 heavy (non-hydrogen) atoms. The van der Waals surface area contributed by atoms with Crippen molar-refractivity contribution < 1.29 is 13.3 Å². The standard InChI is InChI=1S/C46H28O.C42H26O.C40H24O/c1-2-13-29(14-3-1)30-25-26-38-42(27-30)45(40-23-12-22-39-35-19-10-11-24-43(35)47-46(39)40)37-21-9-8-20-36(37)44(38)41-28-31-15-4-5-16-32(31)33-17-6-7-18-34(33)41;1-2-14-27(15-3-1)29-17-6-7-20-32(29)39-33-21-8-10-23-35(33)40(36-24-11-9-22-34(36)39)41-30-18-5-4-16-28(30)26-37-31-19-12-13-25-38(31)43-42(37)41;1-2-11-27-23-28(18-17-25(27)9-1)38-31-13-5-7-15-33(31)39(34-16-8-6-14-32(34)38)29-20-21-36-35(24-29)40-30-12-4-3-10-26(30)19-22-37(40)41-36/h1-28H;1-26H;1-24H. The molecule has 0 bridgehead atoms. The second-order valence-electron chi connectivity index (χ2n) is 34.5. The van der Waals surface area contributed by atoms with Gasteiger partial charge in [0.2, 0.25) is 0 Å². The first-order chi connectivity index (χ1) is 65.0. The molecule has 0 spiro atoms. The van der Waals surface area contributed by atoms with Crippen molar-refractivity contribution in [3.8, 4) is 89.0 Å². The zero-order valence-electron chi connectivity index (χ0n) is 71.3. The van der Waals surface area contributed by atoms with Gasteiger partial charge in [-0.1, -0.05) is 419 Å². The second kappa shape index (κ2) is 30.8. The monoisotopic (exact) mass is 1660 g/mol. The summed E-state index contributed by atoms with van der Waals surface area (Å²) in [7, 11) is 0. The first-order valence-corrected chi connectivity index (χ1v) is 45.1. The average Bonchev–Trinajstić information content (AvgIpc) is 1.70. The lowest BCUT2D eigenvalue weighted by atomic mass is 9.82. The van der Waals surface area contributed by atoms with E-state index in [-0.39, 0.29) is 0 Å². The fourth-order valence-corrected chi connectivity index (χ4v) is 21.6. The molecule has 0 radical (unpaired) electrons. The van der Waals surface area contributed by atoms with Gasteiger partial charge in [-0.05, 0) is 240 Å². The van der Waals surface area contributed by atoms with E-state index in [4.69, 9.17) is 13.3 Å². The van der Waals surface area contributed by atoms with E-state index in [0.29, 0.717) is 0 Å². The van der Waals surface area contributed by atoms with Crippen molar-refractivity contribution in [2.24, 2.45) is 0 Å². The van der Waals surface area contributed by atoms with Crippen LogP contribution in [-0.4, -0.2) is 0 Å².